The maximum Gasteiger partial charge on any atom is 0.213 e. The molecule has 7 heteroatoms. The van der Waals surface area contributed by atoms with E-state index in [4.69, 9.17) is 0 Å². The van der Waals surface area contributed by atoms with Gasteiger partial charge >= 0.3 is 0 Å². The van der Waals surface area contributed by atoms with Crippen molar-refractivity contribution in [2.24, 2.45) is 0 Å². The first-order chi connectivity index (χ1) is 8.48. The van der Waals surface area contributed by atoms with Gasteiger partial charge in [0.25, 0.3) is 0 Å². The van der Waals surface area contributed by atoms with Crippen molar-refractivity contribution >= 4 is 21.4 Å². The molecule has 0 bridgehead atoms. The molecule has 2 N–H and O–H groups in total. The van der Waals surface area contributed by atoms with Crippen molar-refractivity contribution in [2.45, 2.75) is 33.2 Å². The van der Waals surface area contributed by atoms with Gasteiger partial charge in [-0.3, -0.25) is 0 Å². The largest absolute Gasteiger partial charge is 0.316 e. The van der Waals surface area contributed by atoms with Gasteiger partial charge in [-0.25, -0.2) is 18.1 Å². The van der Waals surface area contributed by atoms with Crippen LogP contribution >= 0.6 is 11.3 Å². The predicted octanol–water partition coefficient (Wildman–Crippen LogP) is 1.30. The van der Waals surface area contributed by atoms with E-state index in [1.807, 2.05) is 20.0 Å². The second kappa shape index (κ2) is 7.18. The van der Waals surface area contributed by atoms with Crippen LogP contribution in [0, 0.1) is 0 Å². The topological polar surface area (TPSA) is 71.1 Å². The molecule has 0 spiro atoms. The zero-order chi connectivity index (χ0) is 13.6. The van der Waals surface area contributed by atoms with Crippen LogP contribution in [-0.4, -0.2) is 32.2 Å². The average Bonchev–Trinajstić information content (AvgIpc) is 2.77. The van der Waals surface area contributed by atoms with Crippen LogP contribution in [0.15, 0.2) is 6.20 Å². The molecule has 0 aliphatic heterocycles. The second-order valence-corrected chi connectivity index (χ2v) is 7.05. The van der Waals surface area contributed by atoms with E-state index in [9.17, 15) is 8.42 Å². The van der Waals surface area contributed by atoms with Crippen molar-refractivity contribution in [3.63, 3.8) is 0 Å². The van der Waals surface area contributed by atoms with Crippen molar-refractivity contribution in [3.8, 4) is 0 Å². The van der Waals surface area contributed by atoms with Gasteiger partial charge in [0.2, 0.25) is 10.0 Å². The Morgan fingerprint density at radius 3 is 2.72 bits per heavy atom. The van der Waals surface area contributed by atoms with E-state index in [-0.39, 0.29) is 11.8 Å². The number of aryl methyl sites for hydroxylation is 1. The molecule has 1 aromatic rings. The van der Waals surface area contributed by atoms with Crippen LogP contribution in [0.1, 0.15) is 36.7 Å². The Hall–Kier alpha value is -0.500. The number of rotatable bonds is 8. The Balaban J connectivity index is 2.55. The molecular formula is C11H21N3O2S2. The van der Waals surface area contributed by atoms with Gasteiger partial charge in [0, 0.05) is 17.6 Å². The van der Waals surface area contributed by atoms with E-state index in [0.717, 1.165) is 18.0 Å². The summed E-state index contributed by atoms with van der Waals surface area (Å²) in [5.41, 5.74) is 0. The number of sulfonamides is 1. The predicted molar refractivity (Wildman–Crippen MR) is 75.4 cm³/mol. The molecule has 0 fully saturated rings. The van der Waals surface area contributed by atoms with E-state index in [2.05, 4.69) is 21.9 Å². The van der Waals surface area contributed by atoms with E-state index in [1.165, 1.54) is 4.88 Å². The smallest absolute Gasteiger partial charge is 0.213 e. The number of nitrogens with one attached hydrogen (secondary N) is 2. The Kier molecular flexibility index (Phi) is 6.20. The van der Waals surface area contributed by atoms with Crippen LogP contribution < -0.4 is 10.0 Å². The van der Waals surface area contributed by atoms with Gasteiger partial charge in [-0.1, -0.05) is 13.8 Å². The lowest BCUT2D eigenvalue weighted by Gasteiger charge is -2.11. The highest BCUT2D eigenvalue weighted by molar-refractivity contribution is 7.89. The minimum absolute atomic E-state index is 0.0944. The minimum Gasteiger partial charge on any atom is -0.316 e. The van der Waals surface area contributed by atoms with Crippen molar-refractivity contribution in [1.82, 2.24) is 15.0 Å². The summed E-state index contributed by atoms with van der Waals surface area (Å²) in [5, 5.41) is 3.82. The van der Waals surface area contributed by atoms with Gasteiger partial charge in [-0.05, 0) is 19.9 Å². The van der Waals surface area contributed by atoms with Gasteiger partial charge in [0.05, 0.1) is 11.8 Å². The normalized spacial score (nSPS) is 13.7. The molecule has 1 atom stereocenters. The second-order valence-electron chi connectivity index (χ2n) is 4.03. The van der Waals surface area contributed by atoms with Crippen molar-refractivity contribution in [2.75, 3.05) is 18.8 Å². The summed E-state index contributed by atoms with van der Waals surface area (Å²) >= 11 is 1.56. The molecule has 0 saturated carbocycles. The lowest BCUT2D eigenvalue weighted by Crippen LogP contribution is -2.33. The molecule has 1 unspecified atom stereocenters. The summed E-state index contributed by atoms with van der Waals surface area (Å²) in [6.07, 6.45) is 2.74. The number of hydrogen-bond acceptors (Lipinski definition) is 5. The highest BCUT2D eigenvalue weighted by atomic mass is 32.2. The van der Waals surface area contributed by atoms with Crippen LogP contribution in [0.3, 0.4) is 0 Å². The van der Waals surface area contributed by atoms with E-state index in [0.29, 0.717) is 6.54 Å². The Bertz CT molecular complexity index is 457. The van der Waals surface area contributed by atoms with Crippen LogP contribution in [-0.2, 0) is 16.4 Å². The summed E-state index contributed by atoms with van der Waals surface area (Å²) in [4.78, 5) is 5.41. The summed E-state index contributed by atoms with van der Waals surface area (Å²) in [7, 11) is -3.24. The molecule has 1 heterocycles. The van der Waals surface area contributed by atoms with Gasteiger partial charge in [-0.15, -0.1) is 11.3 Å². The third kappa shape index (κ3) is 5.01. The monoisotopic (exact) mass is 291 g/mol. The zero-order valence-electron chi connectivity index (χ0n) is 11.1. The molecule has 0 aliphatic rings. The molecule has 1 aromatic heterocycles. The first-order valence-corrected chi connectivity index (χ1v) is 8.60. The fourth-order valence-corrected chi connectivity index (χ4v) is 3.56. The molecule has 1 rings (SSSR count). The molecule has 0 aliphatic carbocycles. The third-order valence-corrected chi connectivity index (χ3v) is 5.22. The number of nitrogens with zero attached hydrogens (tertiary/aromatic N) is 1. The highest BCUT2D eigenvalue weighted by Gasteiger charge is 2.17. The maximum atomic E-state index is 11.8. The van der Waals surface area contributed by atoms with Crippen molar-refractivity contribution in [3.05, 3.63) is 16.1 Å². The van der Waals surface area contributed by atoms with Crippen molar-refractivity contribution in [1.29, 1.82) is 0 Å². The summed E-state index contributed by atoms with van der Waals surface area (Å²) < 4.78 is 26.2. The maximum absolute atomic E-state index is 11.8. The third-order valence-electron chi connectivity index (χ3n) is 2.44. The fourth-order valence-electron chi connectivity index (χ4n) is 1.45. The highest BCUT2D eigenvalue weighted by Crippen LogP contribution is 2.20. The van der Waals surface area contributed by atoms with Crippen LogP contribution in [0.5, 0.6) is 0 Å². The van der Waals surface area contributed by atoms with E-state index < -0.39 is 10.0 Å². The molecule has 104 valence electrons. The van der Waals surface area contributed by atoms with E-state index >= 15 is 0 Å². The molecule has 0 aromatic carbocycles. The Morgan fingerprint density at radius 2 is 2.17 bits per heavy atom. The standard InChI is InChI=1S/C11H21N3O2S2/c1-4-10-8-13-11(17-10)9(3)14-18(15,16)7-6-12-5-2/h8-9,12,14H,4-7H2,1-3H3. The molecule has 5 nitrogen and oxygen atoms in total. The molecular weight excluding hydrogens is 270 g/mol. The molecule has 0 amide bonds. The number of aromatic nitrogens is 1. The number of thiazole rings is 1. The lowest BCUT2D eigenvalue weighted by atomic mass is 10.4. The van der Waals surface area contributed by atoms with Gasteiger partial charge in [0.15, 0.2) is 0 Å². The Labute approximate surface area is 113 Å². The van der Waals surface area contributed by atoms with Crippen LogP contribution in [0.4, 0.5) is 0 Å². The van der Waals surface area contributed by atoms with Gasteiger partial charge in [-0.2, -0.15) is 0 Å². The molecule has 0 radical (unpaired) electrons. The summed E-state index contributed by atoms with van der Waals surface area (Å²) in [5.74, 6) is 0.0944. The van der Waals surface area contributed by atoms with Crippen LogP contribution in [0.2, 0.25) is 0 Å². The first-order valence-electron chi connectivity index (χ1n) is 6.13. The fraction of sp³-hybridized carbons (Fsp3) is 0.727. The lowest BCUT2D eigenvalue weighted by molar-refractivity contribution is 0.563. The number of hydrogen-bond donors (Lipinski definition) is 2. The Morgan fingerprint density at radius 1 is 1.44 bits per heavy atom. The molecule has 0 saturated heterocycles. The van der Waals surface area contributed by atoms with Crippen molar-refractivity contribution < 1.29 is 8.42 Å². The van der Waals surface area contributed by atoms with Crippen LogP contribution in [0.25, 0.3) is 0 Å². The SMILES string of the molecule is CCNCCS(=O)(=O)NC(C)c1ncc(CC)s1. The quantitative estimate of drug-likeness (QED) is 0.708. The first kappa shape index (κ1) is 15.6. The minimum atomic E-state index is -3.24. The summed E-state index contributed by atoms with van der Waals surface area (Å²) in [6, 6.07) is -0.262. The van der Waals surface area contributed by atoms with E-state index in [1.54, 1.807) is 11.3 Å². The summed E-state index contributed by atoms with van der Waals surface area (Å²) in [6.45, 7) is 7.07. The average molecular weight is 291 g/mol. The zero-order valence-corrected chi connectivity index (χ0v) is 12.7. The molecule has 18 heavy (non-hydrogen) atoms. The van der Waals surface area contributed by atoms with Gasteiger partial charge in [0.1, 0.15) is 5.01 Å². The van der Waals surface area contributed by atoms with Gasteiger partial charge < -0.3 is 5.32 Å².